The van der Waals surface area contributed by atoms with Gasteiger partial charge in [0.2, 0.25) is 0 Å². The number of epoxide rings is 2. The highest BCUT2D eigenvalue weighted by atomic mass is 16.7. The third-order valence-electron chi connectivity index (χ3n) is 11.6. The number of ether oxygens (including phenoxy) is 4. The standard InChI is InChI=1S/C30H34O7/c1-15(2)29-24(37-29)21-12-28(21)27(3)9-8-18-19(14-34-25(18)33)20(27)11-22-30(28,36-22)26(29)35-13-17-6-4-16(5-7-17)10-23(31)32/h4-7,15,20-22,24,26H,8-14H2,1-3H3,(H,31,32)/t20-,21-,22-,24-,26+,27-,28-,29-,30+/m0/s1. The normalized spacial score (nSPS) is 47.7. The minimum absolute atomic E-state index is 0.00726. The number of carboxylic acids is 1. The zero-order valence-electron chi connectivity index (χ0n) is 21.6. The summed E-state index contributed by atoms with van der Waals surface area (Å²) in [5.41, 5.74) is 3.36. The van der Waals surface area contributed by atoms with E-state index in [4.69, 9.17) is 24.1 Å². The topological polar surface area (TPSA) is 97.9 Å². The first-order valence-corrected chi connectivity index (χ1v) is 13.8. The van der Waals surface area contributed by atoms with E-state index >= 15 is 0 Å². The Morgan fingerprint density at radius 3 is 2.68 bits per heavy atom. The summed E-state index contributed by atoms with van der Waals surface area (Å²) >= 11 is 0. The van der Waals surface area contributed by atoms with Crippen molar-refractivity contribution in [2.45, 2.75) is 89.0 Å². The largest absolute Gasteiger partial charge is 0.481 e. The molecule has 7 nitrogen and oxygen atoms in total. The van der Waals surface area contributed by atoms with E-state index in [9.17, 15) is 9.59 Å². The van der Waals surface area contributed by atoms with Crippen LogP contribution in [0.2, 0.25) is 0 Å². The van der Waals surface area contributed by atoms with Crippen LogP contribution in [-0.2, 0) is 41.6 Å². The minimum Gasteiger partial charge on any atom is -0.481 e. The average Bonchev–Trinajstić information content (AvgIpc) is 3.76. The Kier molecular flexibility index (Phi) is 4.21. The molecule has 2 saturated heterocycles. The van der Waals surface area contributed by atoms with Gasteiger partial charge < -0.3 is 24.1 Å². The molecule has 0 unspecified atom stereocenters. The van der Waals surface area contributed by atoms with Crippen molar-refractivity contribution in [2.24, 2.45) is 28.6 Å². The Balaban J connectivity index is 1.14. The first-order chi connectivity index (χ1) is 17.7. The van der Waals surface area contributed by atoms with Crippen LogP contribution in [0.3, 0.4) is 0 Å². The van der Waals surface area contributed by atoms with E-state index in [0.29, 0.717) is 31.0 Å². The van der Waals surface area contributed by atoms with Crippen molar-refractivity contribution in [3.05, 3.63) is 46.5 Å². The molecule has 0 aromatic heterocycles. The van der Waals surface area contributed by atoms with Gasteiger partial charge in [0, 0.05) is 11.0 Å². The summed E-state index contributed by atoms with van der Waals surface area (Å²) in [6, 6.07) is 7.69. The number of rotatable bonds is 6. The summed E-state index contributed by atoms with van der Waals surface area (Å²) in [7, 11) is 0. The van der Waals surface area contributed by atoms with Gasteiger partial charge in [0.05, 0.1) is 25.2 Å². The van der Waals surface area contributed by atoms with Gasteiger partial charge in [-0.3, -0.25) is 4.79 Å². The van der Waals surface area contributed by atoms with Gasteiger partial charge in [0.15, 0.2) is 0 Å². The predicted octanol–water partition coefficient (Wildman–Crippen LogP) is 3.82. The lowest BCUT2D eigenvalue weighted by atomic mass is 9.45. The third kappa shape index (κ3) is 2.50. The number of cyclic esters (lactones) is 1. The van der Waals surface area contributed by atoms with Gasteiger partial charge in [-0.05, 0) is 65.6 Å². The molecule has 1 aromatic rings. The van der Waals surface area contributed by atoms with Crippen LogP contribution in [0.25, 0.3) is 0 Å². The number of carboxylic acid groups (broad SMARTS) is 1. The minimum atomic E-state index is -0.828. The Hall–Kier alpha value is -2.22. The summed E-state index contributed by atoms with van der Waals surface area (Å²) in [4.78, 5) is 23.5. The number of fused-ring (bicyclic) bond motifs is 4. The smallest absolute Gasteiger partial charge is 0.334 e. The zero-order valence-corrected chi connectivity index (χ0v) is 21.6. The Morgan fingerprint density at radius 1 is 1.19 bits per heavy atom. The van der Waals surface area contributed by atoms with E-state index in [2.05, 4.69) is 20.8 Å². The number of aliphatic carboxylic acids is 1. The van der Waals surface area contributed by atoms with Crippen LogP contribution in [-0.4, -0.2) is 53.2 Å². The number of hydrogen-bond acceptors (Lipinski definition) is 6. The summed E-state index contributed by atoms with van der Waals surface area (Å²) in [6.45, 7) is 7.83. The van der Waals surface area contributed by atoms with E-state index in [-0.39, 0.29) is 52.7 Å². The van der Waals surface area contributed by atoms with Gasteiger partial charge in [-0.1, -0.05) is 45.0 Å². The maximum absolute atomic E-state index is 12.4. The van der Waals surface area contributed by atoms with Crippen LogP contribution in [0.1, 0.15) is 57.6 Å². The SMILES string of the molecule is CC(C)[C@]12O[C@H]1[C@@H]1C[C@]13[C@]1(O[C@H]1C[C@H]1C4=C(CC[C@@]13C)C(=O)OC4)[C@@H]2OCc1ccc(CC(=O)O)cc1. The molecule has 5 fully saturated rings. The fraction of sp³-hybridized carbons (Fsp3) is 0.667. The van der Waals surface area contributed by atoms with Gasteiger partial charge in [-0.2, -0.15) is 0 Å². The number of hydrogen-bond donors (Lipinski definition) is 1. The van der Waals surface area contributed by atoms with E-state index in [1.54, 1.807) is 0 Å². The van der Waals surface area contributed by atoms with Crippen LogP contribution < -0.4 is 0 Å². The van der Waals surface area contributed by atoms with Crippen molar-refractivity contribution < 1.29 is 33.6 Å². The molecule has 7 heteroatoms. The maximum Gasteiger partial charge on any atom is 0.334 e. The molecule has 3 heterocycles. The monoisotopic (exact) mass is 506 g/mol. The van der Waals surface area contributed by atoms with Crippen LogP contribution >= 0.6 is 0 Å². The van der Waals surface area contributed by atoms with Crippen molar-refractivity contribution in [3.63, 3.8) is 0 Å². The van der Waals surface area contributed by atoms with Crippen molar-refractivity contribution in [1.82, 2.24) is 0 Å². The molecule has 8 rings (SSSR count). The highest BCUT2D eigenvalue weighted by Crippen LogP contribution is 2.90. The second kappa shape index (κ2) is 6.85. The molecule has 196 valence electrons. The van der Waals surface area contributed by atoms with Crippen molar-refractivity contribution in [1.29, 1.82) is 0 Å². The van der Waals surface area contributed by atoms with Gasteiger partial charge in [0.1, 0.15) is 23.9 Å². The molecule has 9 atom stereocenters. The molecule has 2 spiro atoms. The molecule has 1 aromatic carbocycles. The number of carbonyl (C=O) groups is 2. The molecule has 0 radical (unpaired) electrons. The molecular weight excluding hydrogens is 472 g/mol. The number of benzene rings is 1. The lowest BCUT2D eigenvalue weighted by Crippen LogP contribution is -2.65. The lowest BCUT2D eigenvalue weighted by Gasteiger charge is -2.56. The third-order valence-corrected chi connectivity index (χ3v) is 11.6. The highest BCUT2D eigenvalue weighted by molar-refractivity contribution is 5.92. The fourth-order valence-corrected chi connectivity index (χ4v) is 9.86. The van der Waals surface area contributed by atoms with E-state index < -0.39 is 5.97 Å². The van der Waals surface area contributed by atoms with E-state index in [0.717, 1.165) is 42.4 Å². The molecule has 3 saturated carbocycles. The van der Waals surface area contributed by atoms with Gasteiger partial charge in [0.25, 0.3) is 0 Å². The molecule has 0 bridgehead atoms. The van der Waals surface area contributed by atoms with Crippen LogP contribution in [0.4, 0.5) is 0 Å². The van der Waals surface area contributed by atoms with Gasteiger partial charge in [-0.25, -0.2) is 4.79 Å². The van der Waals surface area contributed by atoms with Gasteiger partial charge >= 0.3 is 11.9 Å². The molecule has 3 aliphatic heterocycles. The van der Waals surface area contributed by atoms with Gasteiger partial charge in [-0.15, -0.1) is 0 Å². The van der Waals surface area contributed by atoms with Crippen LogP contribution in [0.5, 0.6) is 0 Å². The Labute approximate surface area is 216 Å². The molecule has 0 amide bonds. The van der Waals surface area contributed by atoms with Crippen LogP contribution in [0, 0.1) is 28.6 Å². The summed E-state index contributed by atoms with van der Waals surface area (Å²) in [6.07, 6.45) is 3.99. The molecule has 37 heavy (non-hydrogen) atoms. The molecule has 1 N–H and O–H groups in total. The first kappa shape index (κ1) is 22.7. The van der Waals surface area contributed by atoms with E-state index in [1.165, 1.54) is 5.57 Å². The predicted molar refractivity (Wildman–Crippen MR) is 130 cm³/mol. The molecular formula is C30H34O7. The number of esters is 1. The fourth-order valence-electron chi connectivity index (χ4n) is 9.86. The summed E-state index contributed by atoms with van der Waals surface area (Å²) in [5.74, 6) is 0.166. The first-order valence-electron chi connectivity index (χ1n) is 13.8. The maximum atomic E-state index is 12.4. The average molecular weight is 507 g/mol. The van der Waals surface area contributed by atoms with Crippen molar-refractivity contribution in [3.8, 4) is 0 Å². The summed E-state index contributed by atoms with van der Waals surface area (Å²) < 4.78 is 25.9. The van der Waals surface area contributed by atoms with Crippen molar-refractivity contribution >= 4 is 11.9 Å². The zero-order chi connectivity index (χ0) is 25.5. The summed E-state index contributed by atoms with van der Waals surface area (Å²) in [5, 5.41) is 9.08. The Bertz CT molecular complexity index is 1270. The Morgan fingerprint density at radius 2 is 1.95 bits per heavy atom. The number of carbonyl (C=O) groups excluding carboxylic acids is 1. The van der Waals surface area contributed by atoms with Crippen molar-refractivity contribution in [2.75, 3.05) is 6.61 Å². The lowest BCUT2D eigenvalue weighted by molar-refractivity contribution is -0.141. The highest BCUT2D eigenvalue weighted by Gasteiger charge is 2.98. The van der Waals surface area contributed by atoms with E-state index in [1.807, 2.05) is 24.3 Å². The van der Waals surface area contributed by atoms with Crippen LogP contribution in [0.15, 0.2) is 35.4 Å². The second-order valence-electron chi connectivity index (χ2n) is 13.1. The molecule has 7 aliphatic rings. The molecule has 4 aliphatic carbocycles. The second-order valence-corrected chi connectivity index (χ2v) is 13.1. The quantitative estimate of drug-likeness (QED) is 0.463.